The maximum absolute atomic E-state index is 13.9. The molecule has 33 heavy (non-hydrogen) atoms. The molecule has 5 rings (SSSR count). The van der Waals surface area contributed by atoms with Gasteiger partial charge in [0.2, 0.25) is 0 Å². The zero-order valence-corrected chi connectivity index (χ0v) is 18.8. The van der Waals surface area contributed by atoms with Crippen molar-refractivity contribution in [2.24, 2.45) is 0 Å². The molecule has 1 N–H and O–H groups in total. The van der Waals surface area contributed by atoms with E-state index in [0.717, 1.165) is 56.1 Å². The van der Waals surface area contributed by atoms with Crippen LogP contribution in [0.1, 0.15) is 16.8 Å². The minimum Gasteiger partial charge on any atom is -0.368 e. The van der Waals surface area contributed by atoms with Gasteiger partial charge in [-0.3, -0.25) is 0 Å². The molecule has 0 aliphatic heterocycles. The van der Waals surface area contributed by atoms with Crippen LogP contribution in [-0.4, -0.2) is 26.2 Å². The van der Waals surface area contributed by atoms with Crippen LogP contribution in [-0.2, 0) is 6.54 Å². The second kappa shape index (κ2) is 8.50. The smallest absolute Gasteiger partial charge is 0.169 e. The average Bonchev–Trinajstić information content (AvgIpc) is 3.37. The molecule has 2 aromatic carbocycles. The van der Waals surface area contributed by atoms with Gasteiger partial charge in [-0.2, -0.15) is 0 Å². The van der Waals surface area contributed by atoms with Gasteiger partial charge in [-0.25, -0.2) is 14.4 Å². The molecule has 0 unspecified atom stereocenters. The van der Waals surface area contributed by atoms with Gasteiger partial charge >= 0.3 is 0 Å². The summed E-state index contributed by atoms with van der Waals surface area (Å²) in [5.74, 6) is 1.30. The van der Waals surface area contributed by atoms with E-state index < -0.39 is 0 Å². The number of anilines is 1. The third kappa shape index (κ3) is 4.09. The normalized spacial score (nSPS) is 11.3. The number of hydrogen-bond acceptors (Lipinski definition) is 5. The fourth-order valence-corrected chi connectivity index (χ4v) is 4.19. The number of fused-ring (bicyclic) bond motifs is 1. The van der Waals surface area contributed by atoms with E-state index >= 15 is 0 Å². The van der Waals surface area contributed by atoms with Crippen molar-refractivity contribution in [2.45, 2.75) is 27.3 Å². The fraction of sp³-hybridized carbons (Fsp3) is 0.192. The second-order valence-corrected chi connectivity index (χ2v) is 8.22. The highest BCUT2D eigenvalue weighted by Crippen LogP contribution is 2.27. The lowest BCUT2D eigenvalue weighted by atomic mass is 10.1. The van der Waals surface area contributed by atoms with Crippen LogP contribution in [0.4, 0.5) is 10.2 Å². The molecule has 7 heteroatoms. The summed E-state index contributed by atoms with van der Waals surface area (Å²) < 4.78 is 21.4. The second-order valence-electron chi connectivity index (χ2n) is 8.22. The van der Waals surface area contributed by atoms with Crippen LogP contribution in [0.3, 0.4) is 0 Å². The Morgan fingerprint density at radius 3 is 2.48 bits per heavy atom. The lowest BCUT2D eigenvalue weighted by Gasteiger charge is -2.11. The zero-order valence-electron chi connectivity index (χ0n) is 18.8. The van der Waals surface area contributed by atoms with Crippen molar-refractivity contribution in [1.29, 1.82) is 0 Å². The summed E-state index contributed by atoms with van der Waals surface area (Å²) in [5, 5.41) is 8.30. The lowest BCUT2D eigenvalue weighted by Crippen LogP contribution is -2.12. The number of aryl methyl sites for hydroxylation is 3. The highest BCUT2D eigenvalue weighted by atomic mass is 19.1. The predicted octanol–water partition coefficient (Wildman–Crippen LogP) is 5.93. The van der Waals surface area contributed by atoms with E-state index in [1.54, 1.807) is 24.7 Å². The SMILES string of the molecule is Cc1cnoc1-c1ccc(-c2cc(NCCn3c(C)cc4c(C)cc(F)cc43)ncn2)cc1. The van der Waals surface area contributed by atoms with Crippen molar-refractivity contribution in [2.75, 3.05) is 11.9 Å². The van der Waals surface area contributed by atoms with E-state index in [2.05, 4.69) is 31.1 Å². The molecule has 166 valence electrons. The number of rotatable bonds is 6. The van der Waals surface area contributed by atoms with Gasteiger partial charge in [0.1, 0.15) is 18.0 Å². The Morgan fingerprint density at radius 1 is 0.939 bits per heavy atom. The first kappa shape index (κ1) is 20.9. The van der Waals surface area contributed by atoms with Crippen LogP contribution in [0.5, 0.6) is 0 Å². The lowest BCUT2D eigenvalue weighted by molar-refractivity contribution is 0.432. The average molecular weight is 442 g/mol. The minimum atomic E-state index is -0.211. The molecule has 0 saturated heterocycles. The molecule has 3 aromatic heterocycles. The Morgan fingerprint density at radius 2 is 1.73 bits per heavy atom. The monoisotopic (exact) mass is 441 g/mol. The number of aromatic nitrogens is 4. The van der Waals surface area contributed by atoms with Gasteiger partial charge in [-0.15, -0.1) is 0 Å². The molecular weight excluding hydrogens is 417 g/mol. The first-order valence-corrected chi connectivity index (χ1v) is 10.8. The topological polar surface area (TPSA) is 68.8 Å². The maximum atomic E-state index is 13.9. The van der Waals surface area contributed by atoms with Crippen molar-refractivity contribution >= 4 is 16.7 Å². The molecule has 0 saturated carbocycles. The summed E-state index contributed by atoms with van der Waals surface area (Å²) in [6.07, 6.45) is 3.27. The molecule has 0 aliphatic rings. The Bertz CT molecular complexity index is 1440. The maximum Gasteiger partial charge on any atom is 0.169 e. The fourth-order valence-electron chi connectivity index (χ4n) is 4.19. The highest BCUT2D eigenvalue weighted by molar-refractivity contribution is 5.84. The summed E-state index contributed by atoms with van der Waals surface area (Å²) in [5.41, 5.74) is 6.75. The summed E-state index contributed by atoms with van der Waals surface area (Å²) >= 11 is 0. The van der Waals surface area contributed by atoms with Gasteiger partial charge < -0.3 is 14.4 Å². The van der Waals surface area contributed by atoms with E-state index in [9.17, 15) is 4.39 Å². The van der Waals surface area contributed by atoms with E-state index in [1.165, 1.54) is 0 Å². The van der Waals surface area contributed by atoms with Crippen molar-refractivity contribution in [3.05, 3.63) is 83.7 Å². The molecule has 0 amide bonds. The van der Waals surface area contributed by atoms with Crippen molar-refractivity contribution in [3.63, 3.8) is 0 Å². The standard InChI is InChI=1S/C26H24FN5O/c1-16-10-21(27)12-24-22(16)11-18(3)32(24)9-8-28-25-13-23(29-15-30-25)19-4-6-20(7-5-19)26-17(2)14-31-33-26/h4-7,10-15H,8-9H2,1-3H3,(H,28,29,30). The molecule has 0 radical (unpaired) electrons. The molecule has 0 fully saturated rings. The molecule has 0 spiro atoms. The van der Waals surface area contributed by atoms with Gasteiger partial charge in [0.15, 0.2) is 5.76 Å². The largest absolute Gasteiger partial charge is 0.368 e. The minimum absolute atomic E-state index is 0.211. The highest BCUT2D eigenvalue weighted by Gasteiger charge is 2.11. The molecule has 0 aliphatic carbocycles. The molecule has 0 bridgehead atoms. The Kier molecular flexibility index (Phi) is 5.38. The van der Waals surface area contributed by atoms with Crippen LogP contribution in [0.25, 0.3) is 33.5 Å². The number of nitrogens with zero attached hydrogens (tertiary/aromatic N) is 4. The van der Waals surface area contributed by atoms with Gasteiger partial charge in [0.05, 0.1) is 17.4 Å². The quantitative estimate of drug-likeness (QED) is 0.354. The van der Waals surface area contributed by atoms with Crippen LogP contribution in [0, 0.1) is 26.6 Å². The van der Waals surface area contributed by atoms with Gasteiger partial charge in [-0.05, 0) is 44.5 Å². The zero-order chi connectivity index (χ0) is 22.9. The Labute approximate surface area is 191 Å². The molecule has 6 nitrogen and oxygen atoms in total. The van der Waals surface area contributed by atoms with Crippen LogP contribution in [0.15, 0.2) is 65.6 Å². The third-order valence-corrected chi connectivity index (χ3v) is 5.90. The van der Waals surface area contributed by atoms with Crippen molar-refractivity contribution < 1.29 is 8.91 Å². The van der Waals surface area contributed by atoms with Crippen LogP contribution in [0.2, 0.25) is 0 Å². The summed E-state index contributed by atoms with van der Waals surface area (Å²) in [4.78, 5) is 8.77. The van der Waals surface area contributed by atoms with E-state index in [-0.39, 0.29) is 5.82 Å². The van der Waals surface area contributed by atoms with E-state index in [0.29, 0.717) is 13.1 Å². The van der Waals surface area contributed by atoms with Gasteiger partial charge in [0, 0.05) is 46.9 Å². The Balaban J connectivity index is 1.30. The molecule has 0 atom stereocenters. The predicted molar refractivity (Wildman–Crippen MR) is 128 cm³/mol. The number of hydrogen-bond donors (Lipinski definition) is 1. The summed E-state index contributed by atoms with van der Waals surface area (Å²) in [7, 11) is 0. The van der Waals surface area contributed by atoms with Crippen LogP contribution < -0.4 is 5.32 Å². The Hall–Kier alpha value is -4.00. The number of nitrogens with one attached hydrogen (secondary N) is 1. The van der Waals surface area contributed by atoms with Gasteiger partial charge in [-0.1, -0.05) is 29.4 Å². The first-order chi connectivity index (χ1) is 16.0. The first-order valence-electron chi connectivity index (χ1n) is 10.8. The summed E-state index contributed by atoms with van der Waals surface area (Å²) in [6.45, 7) is 7.31. The van der Waals surface area contributed by atoms with Crippen LogP contribution >= 0.6 is 0 Å². The number of benzene rings is 2. The van der Waals surface area contributed by atoms with E-state index in [1.807, 2.05) is 51.1 Å². The third-order valence-electron chi connectivity index (χ3n) is 5.90. The van der Waals surface area contributed by atoms with Crippen molar-refractivity contribution in [1.82, 2.24) is 19.7 Å². The molecule has 3 heterocycles. The van der Waals surface area contributed by atoms with Crippen molar-refractivity contribution in [3.8, 4) is 22.6 Å². The molecular formula is C26H24FN5O. The number of halogens is 1. The van der Waals surface area contributed by atoms with E-state index in [4.69, 9.17) is 4.52 Å². The molecule has 5 aromatic rings. The van der Waals surface area contributed by atoms with Gasteiger partial charge in [0.25, 0.3) is 0 Å². The summed E-state index contributed by atoms with van der Waals surface area (Å²) in [6, 6.07) is 15.2.